The number of nitrogens with one attached hydrogen (secondary N) is 2. The number of benzene rings is 2. The molecule has 0 spiro atoms. The molecule has 4 atom stereocenters. The number of rotatable bonds is 3. The minimum atomic E-state index is -0.974. The fourth-order valence-corrected chi connectivity index (χ4v) is 5.13. The maximum Gasteiger partial charge on any atom is 0.255 e. The third-order valence-corrected chi connectivity index (χ3v) is 7.20. The molecule has 2 aromatic carbocycles. The van der Waals surface area contributed by atoms with Crippen molar-refractivity contribution in [1.29, 1.82) is 0 Å². The van der Waals surface area contributed by atoms with Gasteiger partial charge in [-0.05, 0) is 50.1 Å². The first-order valence-corrected chi connectivity index (χ1v) is 13.9. The number of hydrogen-bond acceptors (Lipinski definition) is 7. The van der Waals surface area contributed by atoms with Crippen LogP contribution in [0.25, 0.3) is 0 Å². The van der Waals surface area contributed by atoms with E-state index in [0.29, 0.717) is 18.8 Å². The van der Waals surface area contributed by atoms with Crippen LogP contribution in [0.1, 0.15) is 42.6 Å². The molecule has 220 valence electrons. The fraction of sp³-hybridized carbons (Fsp3) is 0.467. The number of fused-ring (bicyclic) bond motifs is 1. The SMILES string of the molecule is C[C@@H]1CN(C(=O)[C@@H]2CCC(=O)N[C@@H](Cc3ccc(O)cc3)C(=O)N(C)CCOc3ccccc3C(=O)N2)C[C@H](C)O1. The molecule has 2 heterocycles. The second-order valence-electron chi connectivity index (χ2n) is 10.7. The minimum absolute atomic E-state index is 0.0372. The maximum absolute atomic E-state index is 13.6. The first-order chi connectivity index (χ1) is 19.6. The zero-order chi connectivity index (χ0) is 29.5. The molecule has 2 aliphatic rings. The third-order valence-electron chi connectivity index (χ3n) is 7.20. The summed E-state index contributed by atoms with van der Waals surface area (Å²) in [5.41, 5.74) is 1.02. The molecule has 0 unspecified atom stereocenters. The molecular formula is C30H38N4O7. The van der Waals surface area contributed by atoms with Crippen LogP contribution in [-0.4, -0.2) is 96.1 Å². The van der Waals surface area contributed by atoms with E-state index in [9.17, 15) is 24.3 Å². The van der Waals surface area contributed by atoms with Gasteiger partial charge < -0.3 is 35.0 Å². The number of aromatic hydroxyl groups is 1. The highest BCUT2D eigenvalue weighted by molar-refractivity contribution is 6.00. The van der Waals surface area contributed by atoms with Gasteiger partial charge in [0, 0.05) is 33.0 Å². The van der Waals surface area contributed by atoms with Gasteiger partial charge in [0.1, 0.15) is 30.2 Å². The van der Waals surface area contributed by atoms with E-state index in [1.807, 2.05) is 13.8 Å². The third kappa shape index (κ3) is 7.97. The molecule has 2 aliphatic heterocycles. The van der Waals surface area contributed by atoms with Gasteiger partial charge in [-0.25, -0.2) is 0 Å². The molecule has 11 heteroatoms. The number of ether oxygens (including phenoxy) is 2. The quantitative estimate of drug-likeness (QED) is 0.512. The fourth-order valence-electron chi connectivity index (χ4n) is 5.13. The second-order valence-corrected chi connectivity index (χ2v) is 10.7. The predicted octanol–water partition coefficient (Wildman–Crippen LogP) is 1.48. The normalized spacial score (nSPS) is 24.7. The molecule has 0 aliphatic carbocycles. The zero-order valence-electron chi connectivity index (χ0n) is 23.7. The van der Waals surface area contributed by atoms with Gasteiger partial charge in [-0.1, -0.05) is 24.3 Å². The predicted molar refractivity (Wildman–Crippen MR) is 150 cm³/mol. The molecule has 0 radical (unpaired) electrons. The molecule has 2 aromatic rings. The van der Waals surface area contributed by atoms with Gasteiger partial charge in [-0.3, -0.25) is 19.2 Å². The summed E-state index contributed by atoms with van der Waals surface area (Å²) in [6.07, 6.45) is -0.173. The molecular weight excluding hydrogens is 528 g/mol. The molecule has 4 amide bonds. The van der Waals surface area contributed by atoms with Crippen molar-refractivity contribution >= 4 is 23.6 Å². The average molecular weight is 567 g/mol. The standard InChI is InChI=1S/C30H38N4O7/c1-19-17-34(18-20(2)41-19)30(39)24-12-13-27(36)31-25(16-21-8-10-22(35)11-9-21)29(38)33(3)14-15-40-26-7-5-4-6-23(26)28(37)32-24/h4-11,19-20,24-25,35H,12-18H2,1-3H3,(H,31,36)(H,32,37)/t19-,20+,24-,25-/m0/s1. The Morgan fingerprint density at radius 2 is 1.68 bits per heavy atom. The Hall–Kier alpha value is -4.12. The van der Waals surface area contributed by atoms with Crippen LogP contribution in [-0.2, 0) is 25.5 Å². The van der Waals surface area contributed by atoms with Gasteiger partial charge >= 0.3 is 0 Å². The monoisotopic (exact) mass is 566 g/mol. The van der Waals surface area contributed by atoms with Crippen LogP contribution in [0.2, 0.25) is 0 Å². The molecule has 0 aromatic heterocycles. The van der Waals surface area contributed by atoms with Crippen molar-refractivity contribution in [1.82, 2.24) is 20.4 Å². The van der Waals surface area contributed by atoms with Crippen LogP contribution in [0.3, 0.4) is 0 Å². The summed E-state index contributed by atoms with van der Waals surface area (Å²) < 4.78 is 11.7. The summed E-state index contributed by atoms with van der Waals surface area (Å²) in [7, 11) is 1.62. The Morgan fingerprint density at radius 3 is 2.39 bits per heavy atom. The van der Waals surface area contributed by atoms with Crippen molar-refractivity contribution in [2.24, 2.45) is 0 Å². The van der Waals surface area contributed by atoms with E-state index in [2.05, 4.69) is 10.6 Å². The van der Waals surface area contributed by atoms with Gasteiger partial charge in [0.2, 0.25) is 17.7 Å². The van der Waals surface area contributed by atoms with Crippen LogP contribution < -0.4 is 15.4 Å². The van der Waals surface area contributed by atoms with E-state index in [1.165, 1.54) is 17.0 Å². The van der Waals surface area contributed by atoms with Crippen LogP contribution in [0.4, 0.5) is 0 Å². The lowest BCUT2D eigenvalue weighted by Crippen LogP contribution is -2.55. The number of hydrogen-bond donors (Lipinski definition) is 3. The van der Waals surface area contributed by atoms with E-state index in [1.54, 1.807) is 48.3 Å². The lowest BCUT2D eigenvalue weighted by molar-refractivity contribution is -0.145. The highest BCUT2D eigenvalue weighted by Gasteiger charge is 2.33. The van der Waals surface area contributed by atoms with Crippen molar-refractivity contribution < 1.29 is 33.8 Å². The summed E-state index contributed by atoms with van der Waals surface area (Å²) in [4.78, 5) is 56.7. The van der Waals surface area contributed by atoms with Crippen molar-refractivity contribution in [3.8, 4) is 11.5 Å². The highest BCUT2D eigenvalue weighted by atomic mass is 16.5. The van der Waals surface area contributed by atoms with Crippen LogP contribution in [0, 0.1) is 0 Å². The number of morpholine rings is 1. The Labute approximate surface area is 239 Å². The maximum atomic E-state index is 13.6. The molecule has 4 rings (SSSR count). The van der Waals surface area contributed by atoms with Crippen LogP contribution in [0.5, 0.6) is 11.5 Å². The van der Waals surface area contributed by atoms with Crippen LogP contribution in [0.15, 0.2) is 48.5 Å². The molecule has 0 bridgehead atoms. The van der Waals surface area contributed by atoms with E-state index in [4.69, 9.17) is 9.47 Å². The Balaban J connectivity index is 1.60. The molecule has 41 heavy (non-hydrogen) atoms. The summed E-state index contributed by atoms with van der Waals surface area (Å²) >= 11 is 0. The topological polar surface area (TPSA) is 138 Å². The molecule has 3 N–H and O–H groups in total. The second kappa shape index (κ2) is 13.5. The van der Waals surface area contributed by atoms with Crippen LogP contribution >= 0.6 is 0 Å². The van der Waals surface area contributed by atoms with Crippen molar-refractivity contribution in [3.05, 3.63) is 59.7 Å². The summed E-state index contributed by atoms with van der Waals surface area (Å²) in [5, 5.41) is 15.3. The zero-order valence-corrected chi connectivity index (χ0v) is 23.7. The van der Waals surface area contributed by atoms with E-state index in [0.717, 1.165) is 5.56 Å². The van der Waals surface area contributed by atoms with E-state index in [-0.39, 0.29) is 67.7 Å². The van der Waals surface area contributed by atoms with Gasteiger partial charge in [-0.2, -0.15) is 0 Å². The summed E-state index contributed by atoms with van der Waals surface area (Å²) in [6, 6.07) is 11.3. The number of carbonyl (C=O) groups is 4. The lowest BCUT2D eigenvalue weighted by Gasteiger charge is -2.37. The number of phenols is 1. The first kappa shape index (κ1) is 29.9. The number of para-hydroxylation sites is 1. The number of likely N-dealkylation sites (N-methyl/N-ethyl adjacent to an activating group) is 1. The number of carbonyl (C=O) groups excluding carboxylic acids is 4. The molecule has 1 saturated heterocycles. The van der Waals surface area contributed by atoms with E-state index >= 15 is 0 Å². The summed E-state index contributed by atoms with van der Waals surface area (Å²) in [5.74, 6) is -1.09. The van der Waals surface area contributed by atoms with Gasteiger partial charge in [0.15, 0.2) is 0 Å². The van der Waals surface area contributed by atoms with Crippen molar-refractivity contribution in [3.63, 3.8) is 0 Å². The molecule has 11 nitrogen and oxygen atoms in total. The largest absolute Gasteiger partial charge is 0.508 e. The average Bonchev–Trinajstić information content (AvgIpc) is 2.94. The van der Waals surface area contributed by atoms with E-state index < -0.39 is 23.9 Å². The number of amides is 4. The summed E-state index contributed by atoms with van der Waals surface area (Å²) in [6.45, 7) is 4.83. The Morgan fingerprint density at radius 1 is 1.00 bits per heavy atom. The first-order valence-electron chi connectivity index (χ1n) is 13.9. The molecule has 1 fully saturated rings. The van der Waals surface area contributed by atoms with Crippen molar-refractivity contribution in [2.75, 3.05) is 33.3 Å². The highest BCUT2D eigenvalue weighted by Crippen LogP contribution is 2.20. The van der Waals surface area contributed by atoms with Gasteiger partial charge in [0.25, 0.3) is 5.91 Å². The molecule has 0 saturated carbocycles. The Kier molecular flexibility index (Phi) is 9.82. The number of phenolic OH excluding ortho intramolecular Hbond substituents is 1. The van der Waals surface area contributed by atoms with Gasteiger partial charge in [-0.15, -0.1) is 0 Å². The lowest BCUT2D eigenvalue weighted by atomic mass is 10.0. The smallest absolute Gasteiger partial charge is 0.255 e. The van der Waals surface area contributed by atoms with Gasteiger partial charge in [0.05, 0.1) is 24.3 Å². The Bertz CT molecular complexity index is 1240. The van der Waals surface area contributed by atoms with Crippen molar-refractivity contribution in [2.45, 2.75) is 57.4 Å². The number of nitrogens with zero attached hydrogens (tertiary/aromatic N) is 2. The minimum Gasteiger partial charge on any atom is -0.508 e.